The molecule has 1 aromatic heterocycles. The van der Waals surface area contributed by atoms with E-state index in [1.165, 1.54) is 0 Å². The van der Waals surface area contributed by atoms with E-state index in [1.54, 1.807) is 7.11 Å². The molecule has 4 nitrogen and oxygen atoms in total. The van der Waals surface area contributed by atoms with E-state index in [0.29, 0.717) is 5.82 Å². The minimum Gasteiger partial charge on any atom is -0.496 e. The van der Waals surface area contributed by atoms with E-state index in [4.69, 9.17) is 9.72 Å². The van der Waals surface area contributed by atoms with Gasteiger partial charge in [0.25, 0.3) is 0 Å². The van der Waals surface area contributed by atoms with Crippen molar-refractivity contribution in [3.8, 4) is 23.1 Å². The number of ether oxygens (including phenoxy) is 1. The zero-order valence-corrected chi connectivity index (χ0v) is 15.5. The monoisotopic (exact) mass is 353 g/mol. The van der Waals surface area contributed by atoms with Crippen molar-refractivity contribution >= 4 is 21.7 Å². The SMILES string of the molecule is COc1ccc2ccccc2c1-c1nc(C(C)(C)C#N)nc2ccccc12. The lowest BCUT2D eigenvalue weighted by Gasteiger charge is -2.18. The van der Waals surface area contributed by atoms with Gasteiger partial charge in [0.1, 0.15) is 17.0 Å². The lowest BCUT2D eigenvalue weighted by atomic mass is 9.93. The molecule has 0 fully saturated rings. The number of fused-ring (bicyclic) bond motifs is 2. The normalized spacial score (nSPS) is 11.5. The number of nitriles is 1. The summed E-state index contributed by atoms with van der Waals surface area (Å²) in [6, 6.07) is 22.4. The van der Waals surface area contributed by atoms with Crippen molar-refractivity contribution in [3.05, 3.63) is 66.5 Å². The van der Waals surface area contributed by atoms with E-state index in [2.05, 4.69) is 23.2 Å². The van der Waals surface area contributed by atoms with Crippen LogP contribution >= 0.6 is 0 Å². The molecule has 4 heteroatoms. The van der Waals surface area contributed by atoms with Crippen LogP contribution in [0.2, 0.25) is 0 Å². The van der Waals surface area contributed by atoms with Crippen molar-refractivity contribution in [2.75, 3.05) is 7.11 Å². The molecule has 27 heavy (non-hydrogen) atoms. The summed E-state index contributed by atoms with van der Waals surface area (Å²) in [6.45, 7) is 3.67. The number of hydrogen-bond donors (Lipinski definition) is 0. The van der Waals surface area contributed by atoms with Crippen LogP contribution in [-0.2, 0) is 5.41 Å². The maximum atomic E-state index is 9.60. The van der Waals surface area contributed by atoms with Crippen LogP contribution in [0.4, 0.5) is 0 Å². The molecule has 0 bridgehead atoms. The Hall–Kier alpha value is -3.45. The van der Waals surface area contributed by atoms with Crippen LogP contribution < -0.4 is 4.74 Å². The second-order valence-corrected chi connectivity index (χ2v) is 7.01. The molecule has 0 aliphatic rings. The maximum Gasteiger partial charge on any atom is 0.149 e. The van der Waals surface area contributed by atoms with Gasteiger partial charge in [0.2, 0.25) is 0 Å². The van der Waals surface area contributed by atoms with E-state index < -0.39 is 5.41 Å². The molecule has 0 radical (unpaired) electrons. The van der Waals surface area contributed by atoms with Gasteiger partial charge in [-0.3, -0.25) is 0 Å². The molecule has 0 atom stereocenters. The van der Waals surface area contributed by atoms with Crippen molar-refractivity contribution in [2.45, 2.75) is 19.3 Å². The Bertz CT molecular complexity index is 1210. The Kier molecular flexibility index (Phi) is 4.01. The van der Waals surface area contributed by atoms with Crippen molar-refractivity contribution in [2.24, 2.45) is 0 Å². The highest BCUT2D eigenvalue weighted by Crippen LogP contribution is 2.39. The van der Waals surface area contributed by atoms with Gasteiger partial charge in [0, 0.05) is 5.39 Å². The topological polar surface area (TPSA) is 58.8 Å². The number of aromatic nitrogens is 2. The summed E-state index contributed by atoms with van der Waals surface area (Å²) in [5.41, 5.74) is 1.73. The van der Waals surface area contributed by atoms with Crippen LogP contribution in [0.5, 0.6) is 5.75 Å². The fraction of sp³-hybridized carbons (Fsp3) is 0.174. The van der Waals surface area contributed by atoms with Gasteiger partial charge >= 0.3 is 0 Å². The van der Waals surface area contributed by atoms with Crippen molar-refractivity contribution < 1.29 is 4.74 Å². The largest absolute Gasteiger partial charge is 0.496 e. The summed E-state index contributed by atoms with van der Waals surface area (Å²) < 4.78 is 5.68. The third kappa shape index (κ3) is 2.78. The maximum absolute atomic E-state index is 9.60. The molecule has 0 spiro atoms. The zero-order chi connectivity index (χ0) is 19.0. The minimum atomic E-state index is -0.795. The van der Waals surface area contributed by atoms with Crippen molar-refractivity contribution in [1.29, 1.82) is 5.26 Å². The average molecular weight is 353 g/mol. The van der Waals surface area contributed by atoms with Crippen molar-refractivity contribution in [3.63, 3.8) is 0 Å². The molecule has 4 aromatic rings. The van der Waals surface area contributed by atoms with Gasteiger partial charge in [-0.15, -0.1) is 0 Å². The van der Waals surface area contributed by atoms with Crippen LogP contribution in [0.15, 0.2) is 60.7 Å². The first-order valence-electron chi connectivity index (χ1n) is 8.80. The average Bonchev–Trinajstić information content (AvgIpc) is 2.72. The van der Waals surface area contributed by atoms with Gasteiger partial charge in [-0.05, 0) is 36.8 Å². The zero-order valence-electron chi connectivity index (χ0n) is 15.5. The molecule has 0 saturated carbocycles. The fourth-order valence-corrected chi connectivity index (χ4v) is 3.26. The Morgan fingerprint density at radius 3 is 2.33 bits per heavy atom. The number of hydrogen-bond acceptors (Lipinski definition) is 4. The summed E-state index contributed by atoms with van der Waals surface area (Å²) in [4.78, 5) is 9.52. The van der Waals surface area contributed by atoms with Gasteiger partial charge in [0.15, 0.2) is 0 Å². The molecule has 132 valence electrons. The summed E-state index contributed by atoms with van der Waals surface area (Å²) in [5, 5.41) is 12.7. The third-order valence-corrected chi connectivity index (χ3v) is 4.79. The second-order valence-electron chi connectivity index (χ2n) is 7.01. The van der Waals surface area contributed by atoms with Gasteiger partial charge in [-0.1, -0.05) is 48.5 Å². The first-order valence-corrected chi connectivity index (χ1v) is 8.80. The molecule has 0 aliphatic heterocycles. The number of methoxy groups -OCH3 is 1. The van der Waals surface area contributed by atoms with Crippen molar-refractivity contribution in [1.82, 2.24) is 9.97 Å². The Balaban J connectivity index is 2.17. The standard InChI is InChI=1S/C23H19N3O/c1-23(2,14-24)22-25-18-11-7-6-10-17(18)21(26-22)20-16-9-5-4-8-15(16)12-13-19(20)27-3/h4-13H,1-3H3. The molecule has 4 rings (SSSR count). The van der Waals surface area contributed by atoms with Crippen LogP contribution in [0, 0.1) is 11.3 Å². The first kappa shape index (κ1) is 17.0. The van der Waals surface area contributed by atoms with E-state index >= 15 is 0 Å². The Labute approximate surface area is 158 Å². The molecular weight excluding hydrogens is 334 g/mol. The number of rotatable bonds is 3. The summed E-state index contributed by atoms with van der Waals surface area (Å²) in [6.07, 6.45) is 0. The van der Waals surface area contributed by atoms with E-state index in [0.717, 1.165) is 38.7 Å². The van der Waals surface area contributed by atoms with Crippen LogP contribution in [-0.4, -0.2) is 17.1 Å². The quantitative estimate of drug-likeness (QED) is 0.504. The predicted molar refractivity (Wildman–Crippen MR) is 108 cm³/mol. The Morgan fingerprint density at radius 1 is 0.889 bits per heavy atom. The molecule has 0 unspecified atom stereocenters. The predicted octanol–water partition coefficient (Wildman–Crippen LogP) is 5.26. The van der Waals surface area contributed by atoms with E-state index in [9.17, 15) is 5.26 Å². The number of para-hydroxylation sites is 1. The van der Waals surface area contributed by atoms with E-state index in [-0.39, 0.29) is 0 Å². The highest BCUT2D eigenvalue weighted by Gasteiger charge is 2.26. The van der Waals surface area contributed by atoms with Gasteiger partial charge in [-0.2, -0.15) is 5.26 Å². The highest BCUT2D eigenvalue weighted by atomic mass is 16.5. The molecular formula is C23H19N3O. The van der Waals surface area contributed by atoms with Gasteiger partial charge in [-0.25, -0.2) is 9.97 Å². The molecule has 0 amide bonds. The molecule has 0 aliphatic carbocycles. The first-order chi connectivity index (χ1) is 13.0. The lowest BCUT2D eigenvalue weighted by Crippen LogP contribution is -2.19. The summed E-state index contributed by atoms with van der Waals surface area (Å²) in [7, 11) is 1.66. The highest BCUT2D eigenvalue weighted by molar-refractivity contribution is 6.05. The fourth-order valence-electron chi connectivity index (χ4n) is 3.26. The lowest BCUT2D eigenvalue weighted by molar-refractivity contribution is 0.417. The van der Waals surface area contributed by atoms with Gasteiger partial charge < -0.3 is 4.74 Å². The molecule has 3 aromatic carbocycles. The Morgan fingerprint density at radius 2 is 1.59 bits per heavy atom. The number of benzene rings is 3. The molecule has 1 heterocycles. The molecule has 0 N–H and O–H groups in total. The summed E-state index contributed by atoms with van der Waals surface area (Å²) >= 11 is 0. The van der Waals surface area contributed by atoms with Crippen LogP contribution in [0.1, 0.15) is 19.7 Å². The van der Waals surface area contributed by atoms with Crippen LogP contribution in [0.25, 0.3) is 32.9 Å². The second kappa shape index (κ2) is 6.37. The smallest absolute Gasteiger partial charge is 0.149 e. The third-order valence-electron chi connectivity index (χ3n) is 4.79. The number of nitrogens with zero attached hydrogens (tertiary/aromatic N) is 3. The van der Waals surface area contributed by atoms with Crippen LogP contribution in [0.3, 0.4) is 0 Å². The van der Waals surface area contributed by atoms with E-state index in [1.807, 2.05) is 62.4 Å². The molecule has 0 saturated heterocycles. The summed E-state index contributed by atoms with van der Waals surface area (Å²) in [5.74, 6) is 1.26. The minimum absolute atomic E-state index is 0.508. The van der Waals surface area contributed by atoms with Gasteiger partial charge in [0.05, 0.1) is 30.0 Å².